The number of amides is 1. The van der Waals surface area contributed by atoms with Crippen LogP contribution in [-0.2, 0) is 6.42 Å². The van der Waals surface area contributed by atoms with Gasteiger partial charge < -0.3 is 5.32 Å². The van der Waals surface area contributed by atoms with Crippen LogP contribution in [0.2, 0.25) is 15.1 Å². The Bertz CT molecular complexity index is 628. The maximum absolute atomic E-state index is 12.0. The Labute approximate surface area is 132 Å². The van der Waals surface area contributed by atoms with Crippen molar-refractivity contribution < 1.29 is 4.79 Å². The van der Waals surface area contributed by atoms with Gasteiger partial charge in [0, 0.05) is 11.6 Å². The summed E-state index contributed by atoms with van der Waals surface area (Å²) in [6.07, 6.45) is 0.699. The molecule has 0 aliphatic rings. The summed E-state index contributed by atoms with van der Waals surface area (Å²) in [6, 6.07) is 12.5. The molecule has 5 heteroatoms. The molecule has 0 spiro atoms. The number of rotatable bonds is 4. The van der Waals surface area contributed by atoms with E-state index >= 15 is 0 Å². The van der Waals surface area contributed by atoms with Gasteiger partial charge in [-0.3, -0.25) is 4.79 Å². The maximum atomic E-state index is 12.0. The van der Waals surface area contributed by atoms with Crippen molar-refractivity contribution in [3.8, 4) is 0 Å². The molecule has 0 saturated carbocycles. The lowest BCUT2D eigenvalue weighted by atomic mass is 10.1. The zero-order valence-corrected chi connectivity index (χ0v) is 12.8. The summed E-state index contributed by atoms with van der Waals surface area (Å²) in [5, 5.41) is 4.14. The van der Waals surface area contributed by atoms with E-state index in [1.54, 1.807) is 18.2 Å². The minimum absolute atomic E-state index is 0.237. The Morgan fingerprint density at radius 1 is 1.05 bits per heavy atom. The lowest BCUT2D eigenvalue weighted by molar-refractivity contribution is 0.0954. The van der Waals surface area contributed by atoms with Crippen LogP contribution in [0.25, 0.3) is 0 Å². The van der Waals surface area contributed by atoms with E-state index in [9.17, 15) is 4.79 Å². The molecule has 0 heterocycles. The monoisotopic (exact) mass is 327 g/mol. The van der Waals surface area contributed by atoms with Crippen molar-refractivity contribution in [1.29, 1.82) is 0 Å². The maximum Gasteiger partial charge on any atom is 0.252 e. The summed E-state index contributed by atoms with van der Waals surface area (Å²) in [7, 11) is 0. The lowest BCUT2D eigenvalue weighted by Gasteiger charge is -2.08. The molecule has 0 fully saturated rings. The summed E-state index contributed by atoms with van der Waals surface area (Å²) in [6.45, 7) is 0.502. The summed E-state index contributed by atoms with van der Waals surface area (Å²) in [5.74, 6) is -0.237. The standard InChI is InChI=1S/C15H12Cl3NO/c16-11-4-1-3-10(9-11)7-8-19-15(20)12-5-2-6-13(17)14(12)18/h1-6,9H,7-8H2,(H,19,20). The van der Waals surface area contributed by atoms with Crippen molar-refractivity contribution in [1.82, 2.24) is 5.32 Å². The van der Waals surface area contributed by atoms with Crippen LogP contribution >= 0.6 is 34.8 Å². The number of halogens is 3. The zero-order valence-electron chi connectivity index (χ0n) is 10.5. The fourth-order valence-corrected chi connectivity index (χ4v) is 2.39. The van der Waals surface area contributed by atoms with Crippen LogP contribution in [0, 0.1) is 0 Å². The summed E-state index contributed by atoms with van der Waals surface area (Å²) in [5.41, 5.74) is 1.44. The SMILES string of the molecule is O=C(NCCc1cccc(Cl)c1)c1cccc(Cl)c1Cl. The van der Waals surface area contributed by atoms with Gasteiger partial charge in [0.05, 0.1) is 15.6 Å². The average Bonchev–Trinajstić information content (AvgIpc) is 2.42. The minimum Gasteiger partial charge on any atom is -0.352 e. The molecule has 104 valence electrons. The molecule has 0 saturated heterocycles. The zero-order chi connectivity index (χ0) is 14.5. The van der Waals surface area contributed by atoms with Crippen LogP contribution in [0.4, 0.5) is 0 Å². The van der Waals surface area contributed by atoms with Gasteiger partial charge in [0.2, 0.25) is 0 Å². The summed E-state index contributed by atoms with van der Waals surface area (Å²) < 4.78 is 0. The fraction of sp³-hybridized carbons (Fsp3) is 0.133. The highest BCUT2D eigenvalue weighted by Crippen LogP contribution is 2.25. The van der Waals surface area contributed by atoms with Crippen LogP contribution in [-0.4, -0.2) is 12.5 Å². The normalized spacial score (nSPS) is 10.3. The van der Waals surface area contributed by atoms with Gasteiger partial charge in [-0.15, -0.1) is 0 Å². The number of nitrogens with one attached hydrogen (secondary N) is 1. The van der Waals surface area contributed by atoms with E-state index in [0.717, 1.165) is 5.56 Å². The third-order valence-electron chi connectivity index (χ3n) is 2.78. The molecule has 0 unspecified atom stereocenters. The highest BCUT2D eigenvalue weighted by molar-refractivity contribution is 6.43. The Kier molecular flexibility index (Phi) is 5.30. The van der Waals surface area contributed by atoms with E-state index < -0.39 is 0 Å². The number of carbonyl (C=O) groups is 1. The van der Waals surface area contributed by atoms with Crippen LogP contribution in [0.1, 0.15) is 15.9 Å². The van der Waals surface area contributed by atoms with E-state index in [1.807, 2.05) is 24.3 Å². The molecule has 0 aliphatic carbocycles. The average molecular weight is 329 g/mol. The van der Waals surface area contributed by atoms with Gasteiger partial charge in [0.25, 0.3) is 5.91 Å². The topological polar surface area (TPSA) is 29.1 Å². The molecule has 0 atom stereocenters. The van der Waals surface area contributed by atoms with Crippen LogP contribution in [0.3, 0.4) is 0 Å². The molecule has 1 amide bonds. The van der Waals surface area contributed by atoms with Gasteiger partial charge in [-0.2, -0.15) is 0 Å². The molecular formula is C15H12Cl3NO. The first-order valence-electron chi connectivity index (χ1n) is 6.04. The highest BCUT2D eigenvalue weighted by atomic mass is 35.5. The van der Waals surface area contributed by atoms with Gasteiger partial charge in [0.1, 0.15) is 0 Å². The van der Waals surface area contributed by atoms with E-state index in [0.29, 0.717) is 28.6 Å². The molecule has 2 aromatic carbocycles. The van der Waals surface area contributed by atoms with Crippen molar-refractivity contribution in [3.05, 3.63) is 68.7 Å². The van der Waals surface area contributed by atoms with Crippen molar-refractivity contribution >= 4 is 40.7 Å². The second kappa shape index (κ2) is 6.98. The predicted octanol–water partition coefficient (Wildman–Crippen LogP) is 4.62. The summed E-state index contributed by atoms with van der Waals surface area (Å²) in [4.78, 5) is 12.0. The molecule has 0 bridgehead atoms. The van der Waals surface area contributed by atoms with Crippen molar-refractivity contribution in [2.75, 3.05) is 6.54 Å². The number of hydrogen-bond donors (Lipinski definition) is 1. The molecule has 0 aromatic heterocycles. The van der Waals surface area contributed by atoms with E-state index in [4.69, 9.17) is 34.8 Å². The smallest absolute Gasteiger partial charge is 0.252 e. The Hall–Kier alpha value is -1.22. The quantitative estimate of drug-likeness (QED) is 0.872. The first kappa shape index (κ1) is 15.2. The molecular weight excluding hydrogens is 317 g/mol. The van der Waals surface area contributed by atoms with Gasteiger partial charge in [-0.05, 0) is 36.2 Å². The van der Waals surface area contributed by atoms with Gasteiger partial charge >= 0.3 is 0 Å². The number of carbonyl (C=O) groups excluding carboxylic acids is 1. The van der Waals surface area contributed by atoms with E-state index in [2.05, 4.69) is 5.32 Å². The minimum atomic E-state index is -0.237. The van der Waals surface area contributed by atoms with Crippen LogP contribution < -0.4 is 5.32 Å². The first-order valence-corrected chi connectivity index (χ1v) is 7.18. The fourth-order valence-electron chi connectivity index (χ4n) is 1.79. The summed E-state index contributed by atoms with van der Waals surface area (Å²) >= 11 is 17.8. The lowest BCUT2D eigenvalue weighted by Crippen LogP contribution is -2.26. The molecule has 2 nitrogen and oxygen atoms in total. The predicted molar refractivity (Wildman–Crippen MR) is 84.0 cm³/mol. The molecule has 0 aliphatic heterocycles. The molecule has 0 radical (unpaired) electrons. The van der Waals surface area contributed by atoms with Crippen molar-refractivity contribution in [2.45, 2.75) is 6.42 Å². The van der Waals surface area contributed by atoms with Gasteiger partial charge in [-0.1, -0.05) is 53.0 Å². The Balaban J connectivity index is 1.94. The Morgan fingerprint density at radius 2 is 1.80 bits per heavy atom. The van der Waals surface area contributed by atoms with Gasteiger partial charge in [-0.25, -0.2) is 0 Å². The van der Waals surface area contributed by atoms with Gasteiger partial charge in [0.15, 0.2) is 0 Å². The van der Waals surface area contributed by atoms with E-state index in [-0.39, 0.29) is 10.9 Å². The molecule has 20 heavy (non-hydrogen) atoms. The Morgan fingerprint density at radius 3 is 2.55 bits per heavy atom. The molecule has 2 rings (SSSR count). The first-order chi connectivity index (χ1) is 9.58. The van der Waals surface area contributed by atoms with E-state index in [1.165, 1.54) is 0 Å². The highest BCUT2D eigenvalue weighted by Gasteiger charge is 2.11. The second-order valence-electron chi connectivity index (χ2n) is 4.24. The largest absolute Gasteiger partial charge is 0.352 e. The molecule has 2 aromatic rings. The van der Waals surface area contributed by atoms with Crippen molar-refractivity contribution in [2.24, 2.45) is 0 Å². The second-order valence-corrected chi connectivity index (χ2v) is 5.46. The number of hydrogen-bond acceptors (Lipinski definition) is 1. The number of benzene rings is 2. The third kappa shape index (κ3) is 3.89. The third-order valence-corrected chi connectivity index (χ3v) is 3.84. The van der Waals surface area contributed by atoms with Crippen LogP contribution in [0.15, 0.2) is 42.5 Å². The molecule has 1 N–H and O–H groups in total. The van der Waals surface area contributed by atoms with Crippen molar-refractivity contribution in [3.63, 3.8) is 0 Å². The van der Waals surface area contributed by atoms with Crippen LogP contribution in [0.5, 0.6) is 0 Å².